The molecule has 18 heavy (non-hydrogen) atoms. The molecule has 1 aromatic carbocycles. The van der Waals surface area contributed by atoms with Crippen LogP contribution in [0.15, 0.2) is 24.3 Å². The average molecular weight is 249 g/mol. The monoisotopic (exact) mass is 249 g/mol. The molecule has 2 rings (SSSR count). The van der Waals surface area contributed by atoms with Gasteiger partial charge in [-0.1, -0.05) is 38.8 Å². The highest BCUT2D eigenvalue weighted by molar-refractivity contribution is 5.21. The van der Waals surface area contributed by atoms with Gasteiger partial charge in [0, 0.05) is 6.04 Å². The zero-order valence-electron chi connectivity index (χ0n) is 11.5. The summed E-state index contributed by atoms with van der Waals surface area (Å²) in [6, 6.07) is 7.40. The summed E-state index contributed by atoms with van der Waals surface area (Å²) in [7, 11) is 0. The Morgan fingerprint density at radius 2 is 1.78 bits per heavy atom. The average Bonchev–Trinajstić information content (AvgIpc) is 2.39. The Kier molecular flexibility index (Phi) is 4.76. The summed E-state index contributed by atoms with van der Waals surface area (Å²) >= 11 is 0. The van der Waals surface area contributed by atoms with Gasteiger partial charge in [-0.3, -0.25) is 0 Å². The van der Waals surface area contributed by atoms with Gasteiger partial charge in [-0.25, -0.2) is 4.39 Å². The fraction of sp³-hybridized carbons (Fsp3) is 0.625. The van der Waals surface area contributed by atoms with Crippen LogP contribution in [0.3, 0.4) is 0 Å². The van der Waals surface area contributed by atoms with E-state index in [0.717, 1.165) is 12.5 Å². The van der Waals surface area contributed by atoms with E-state index in [4.69, 9.17) is 0 Å². The van der Waals surface area contributed by atoms with Crippen molar-refractivity contribution in [1.29, 1.82) is 0 Å². The van der Waals surface area contributed by atoms with Crippen molar-refractivity contribution in [1.82, 2.24) is 5.32 Å². The van der Waals surface area contributed by atoms with Crippen LogP contribution in [-0.4, -0.2) is 6.54 Å². The summed E-state index contributed by atoms with van der Waals surface area (Å²) in [6.07, 6.45) is 5.23. The normalized spacial score (nSPS) is 25.9. The predicted molar refractivity (Wildman–Crippen MR) is 73.9 cm³/mol. The highest BCUT2D eigenvalue weighted by Gasteiger charge is 2.26. The van der Waals surface area contributed by atoms with E-state index in [2.05, 4.69) is 19.2 Å². The van der Waals surface area contributed by atoms with E-state index < -0.39 is 0 Å². The first-order valence-electron chi connectivity index (χ1n) is 7.19. The zero-order chi connectivity index (χ0) is 13.0. The van der Waals surface area contributed by atoms with Gasteiger partial charge in [-0.05, 0) is 48.9 Å². The molecule has 1 nitrogen and oxygen atoms in total. The van der Waals surface area contributed by atoms with Gasteiger partial charge in [0.2, 0.25) is 0 Å². The lowest BCUT2D eigenvalue weighted by molar-refractivity contribution is 0.233. The summed E-state index contributed by atoms with van der Waals surface area (Å²) in [5.74, 6) is 1.43. The molecule has 2 heteroatoms. The standard InChI is InChI=1S/C16H24FN/c1-3-18-16(13-6-4-12(2)5-7-13)14-8-10-15(17)11-9-14/h8-13,16,18H,3-7H2,1-2H3. The van der Waals surface area contributed by atoms with Crippen molar-refractivity contribution >= 4 is 0 Å². The SMILES string of the molecule is CCNC(c1ccc(F)cc1)C1CCC(C)CC1. The van der Waals surface area contributed by atoms with Gasteiger partial charge in [-0.15, -0.1) is 0 Å². The van der Waals surface area contributed by atoms with E-state index in [1.54, 1.807) is 12.1 Å². The number of hydrogen-bond acceptors (Lipinski definition) is 1. The van der Waals surface area contributed by atoms with Crippen LogP contribution >= 0.6 is 0 Å². The first kappa shape index (κ1) is 13.5. The molecule has 1 atom stereocenters. The van der Waals surface area contributed by atoms with E-state index in [1.165, 1.54) is 31.2 Å². The van der Waals surface area contributed by atoms with Gasteiger partial charge in [-0.2, -0.15) is 0 Å². The molecule has 0 amide bonds. The maximum atomic E-state index is 13.0. The van der Waals surface area contributed by atoms with Crippen LogP contribution in [-0.2, 0) is 0 Å². The largest absolute Gasteiger partial charge is 0.310 e. The van der Waals surface area contributed by atoms with Gasteiger partial charge in [0.05, 0.1) is 0 Å². The van der Waals surface area contributed by atoms with Gasteiger partial charge < -0.3 is 5.32 Å². The minimum Gasteiger partial charge on any atom is -0.310 e. The Bertz CT molecular complexity index is 352. The Morgan fingerprint density at radius 1 is 1.17 bits per heavy atom. The fourth-order valence-corrected chi connectivity index (χ4v) is 3.07. The van der Waals surface area contributed by atoms with E-state index in [-0.39, 0.29) is 5.82 Å². The van der Waals surface area contributed by atoms with Crippen molar-refractivity contribution in [3.05, 3.63) is 35.6 Å². The van der Waals surface area contributed by atoms with Crippen LogP contribution in [0.25, 0.3) is 0 Å². The lowest BCUT2D eigenvalue weighted by Crippen LogP contribution is -2.30. The lowest BCUT2D eigenvalue weighted by atomic mass is 9.77. The molecule has 100 valence electrons. The van der Waals surface area contributed by atoms with Crippen LogP contribution in [0.2, 0.25) is 0 Å². The molecular formula is C16H24FN. The summed E-state index contributed by atoms with van der Waals surface area (Å²) in [5, 5.41) is 3.58. The third-order valence-corrected chi connectivity index (χ3v) is 4.19. The molecule has 0 spiro atoms. The third kappa shape index (κ3) is 3.32. The summed E-state index contributed by atoms with van der Waals surface area (Å²) < 4.78 is 13.0. The molecule has 1 aliphatic rings. The maximum absolute atomic E-state index is 13.0. The number of nitrogens with one attached hydrogen (secondary N) is 1. The molecule has 0 saturated heterocycles. The Balaban J connectivity index is 2.09. The minimum absolute atomic E-state index is 0.147. The predicted octanol–water partition coefficient (Wildman–Crippen LogP) is 4.30. The number of hydrogen-bond donors (Lipinski definition) is 1. The zero-order valence-corrected chi connectivity index (χ0v) is 11.5. The smallest absolute Gasteiger partial charge is 0.123 e. The van der Waals surface area contributed by atoms with Gasteiger partial charge in [0.15, 0.2) is 0 Å². The first-order chi connectivity index (χ1) is 8.70. The topological polar surface area (TPSA) is 12.0 Å². The highest BCUT2D eigenvalue weighted by atomic mass is 19.1. The molecule has 1 saturated carbocycles. The van der Waals surface area contributed by atoms with Crippen molar-refractivity contribution < 1.29 is 4.39 Å². The van der Waals surface area contributed by atoms with Crippen molar-refractivity contribution in [2.45, 2.75) is 45.6 Å². The second kappa shape index (κ2) is 6.33. The van der Waals surface area contributed by atoms with Crippen LogP contribution in [0.5, 0.6) is 0 Å². The highest BCUT2D eigenvalue weighted by Crippen LogP contribution is 2.36. The van der Waals surface area contributed by atoms with Crippen LogP contribution in [0.4, 0.5) is 4.39 Å². The van der Waals surface area contributed by atoms with Crippen LogP contribution < -0.4 is 5.32 Å². The van der Waals surface area contributed by atoms with E-state index >= 15 is 0 Å². The van der Waals surface area contributed by atoms with Crippen molar-refractivity contribution in [3.8, 4) is 0 Å². The molecule has 1 fully saturated rings. The molecule has 0 heterocycles. The van der Waals surface area contributed by atoms with E-state index in [1.807, 2.05) is 12.1 Å². The van der Waals surface area contributed by atoms with Crippen molar-refractivity contribution in [3.63, 3.8) is 0 Å². The maximum Gasteiger partial charge on any atom is 0.123 e. The minimum atomic E-state index is -0.147. The quantitative estimate of drug-likeness (QED) is 0.838. The van der Waals surface area contributed by atoms with Crippen LogP contribution in [0, 0.1) is 17.7 Å². The Morgan fingerprint density at radius 3 is 2.33 bits per heavy atom. The van der Waals surface area contributed by atoms with Gasteiger partial charge >= 0.3 is 0 Å². The first-order valence-corrected chi connectivity index (χ1v) is 7.19. The second-order valence-electron chi connectivity index (χ2n) is 5.61. The van der Waals surface area contributed by atoms with E-state index in [0.29, 0.717) is 12.0 Å². The molecule has 1 unspecified atom stereocenters. The Hall–Kier alpha value is -0.890. The van der Waals surface area contributed by atoms with Crippen LogP contribution in [0.1, 0.15) is 51.1 Å². The summed E-state index contributed by atoms with van der Waals surface area (Å²) in [4.78, 5) is 0. The molecule has 1 aliphatic carbocycles. The Labute approximate surface area is 110 Å². The van der Waals surface area contributed by atoms with Crippen molar-refractivity contribution in [2.24, 2.45) is 11.8 Å². The van der Waals surface area contributed by atoms with Gasteiger partial charge in [0.1, 0.15) is 5.82 Å². The number of benzene rings is 1. The summed E-state index contributed by atoms with van der Waals surface area (Å²) in [5.41, 5.74) is 1.23. The number of halogens is 1. The van der Waals surface area contributed by atoms with E-state index in [9.17, 15) is 4.39 Å². The molecule has 0 aromatic heterocycles. The van der Waals surface area contributed by atoms with Crippen molar-refractivity contribution in [2.75, 3.05) is 6.54 Å². The molecule has 0 radical (unpaired) electrons. The summed E-state index contributed by atoms with van der Waals surface area (Å²) in [6.45, 7) is 5.45. The molecular weight excluding hydrogens is 225 g/mol. The molecule has 0 aliphatic heterocycles. The van der Waals surface area contributed by atoms with Gasteiger partial charge in [0.25, 0.3) is 0 Å². The molecule has 1 N–H and O–H groups in total. The molecule has 0 bridgehead atoms. The lowest BCUT2D eigenvalue weighted by Gasteiger charge is -2.33. The third-order valence-electron chi connectivity index (χ3n) is 4.19. The fourth-order valence-electron chi connectivity index (χ4n) is 3.07. The second-order valence-corrected chi connectivity index (χ2v) is 5.61. The number of rotatable bonds is 4. The molecule has 1 aromatic rings.